The molecule has 2 aromatic rings. The van der Waals surface area contributed by atoms with Crippen LogP contribution in [0.5, 0.6) is 0 Å². The third kappa shape index (κ3) is 2.62. The number of thiazole rings is 1. The minimum Gasteiger partial charge on any atom is -0.395 e. The van der Waals surface area contributed by atoms with Gasteiger partial charge in [0.05, 0.1) is 16.8 Å². The number of nitrogens with zero attached hydrogens (tertiary/aromatic N) is 3. The summed E-state index contributed by atoms with van der Waals surface area (Å²) in [5, 5.41) is 17.4. The predicted octanol–water partition coefficient (Wildman–Crippen LogP) is 1.99. The highest BCUT2D eigenvalue weighted by atomic mass is 32.1. The molecule has 1 heterocycles. The van der Waals surface area contributed by atoms with Gasteiger partial charge in [-0.05, 0) is 26.0 Å². The van der Waals surface area contributed by atoms with E-state index in [1.807, 2.05) is 36.6 Å². The van der Waals surface area contributed by atoms with Gasteiger partial charge in [-0.25, -0.2) is 0 Å². The summed E-state index contributed by atoms with van der Waals surface area (Å²) in [7, 11) is 0. The molecule has 1 N–H and O–H groups in total. The van der Waals surface area contributed by atoms with Crippen LogP contribution in [0.15, 0.2) is 34.5 Å². The first-order valence-corrected chi connectivity index (χ1v) is 6.28. The topological polar surface area (TPSA) is 49.9 Å². The van der Waals surface area contributed by atoms with Crippen LogP contribution >= 0.6 is 11.3 Å². The van der Waals surface area contributed by atoms with E-state index in [2.05, 4.69) is 16.3 Å². The first-order chi connectivity index (χ1) is 8.22. The summed E-state index contributed by atoms with van der Waals surface area (Å²) < 4.78 is 3.15. The average Bonchev–Trinajstić information content (AvgIpc) is 2.66. The van der Waals surface area contributed by atoms with Crippen LogP contribution in [0.1, 0.15) is 13.8 Å². The summed E-state index contributed by atoms with van der Waals surface area (Å²) in [6.07, 6.45) is 0. The molecule has 0 saturated heterocycles. The number of aliphatic hydroxyl groups excluding tert-OH is 1. The number of aliphatic hydroxyl groups is 1. The molecule has 0 bridgehead atoms. The van der Waals surface area contributed by atoms with E-state index in [0.717, 1.165) is 20.7 Å². The Morgan fingerprint density at radius 3 is 2.82 bits per heavy atom. The number of rotatable bonds is 3. The average molecular weight is 249 g/mol. The van der Waals surface area contributed by atoms with Gasteiger partial charge >= 0.3 is 0 Å². The van der Waals surface area contributed by atoms with Crippen LogP contribution in [-0.2, 0) is 6.54 Å². The van der Waals surface area contributed by atoms with Crippen molar-refractivity contribution in [1.29, 1.82) is 0 Å². The van der Waals surface area contributed by atoms with Gasteiger partial charge in [-0.15, -0.1) is 5.10 Å². The summed E-state index contributed by atoms with van der Waals surface area (Å²) in [5.41, 5.74) is 2.01. The molecule has 4 nitrogen and oxygen atoms in total. The van der Waals surface area contributed by atoms with Gasteiger partial charge in [-0.3, -0.25) is 0 Å². The second-order valence-electron chi connectivity index (χ2n) is 3.87. The molecule has 0 amide bonds. The number of hydrogen-bond acceptors (Lipinski definition) is 4. The fraction of sp³-hybridized carbons (Fsp3) is 0.333. The Bertz CT molecular complexity index is 605. The molecule has 1 aromatic carbocycles. The quantitative estimate of drug-likeness (QED) is 0.656. The van der Waals surface area contributed by atoms with Gasteiger partial charge in [0.1, 0.15) is 0 Å². The van der Waals surface area contributed by atoms with Crippen molar-refractivity contribution in [3.63, 3.8) is 0 Å². The van der Waals surface area contributed by atoms with Gasteiger partial charge in [0, 0.05) is 12.3 Å². The molecule has 17 heavy (non-hydrogen) atoms. The summed E-state index contributed by atoms with van der Waals surface area (Å²) in [6.45, 7) is 4.46. The molecule has 0 aliphatic rings. The van der Waals surface area contributed by atoms with Crippen molar-refractivity contribution in [2.45, 2.75) is 20.4 Å². The Hall–Kier alpha value is -1.46. The van der Waals surface area contributed by atoms with Crippen molar-refractivity contribution < 1.29 is 5.11 Å². The molecule has 0 fully saturated rings. The number of hydrogen-bond donors (Lipinski definition) is 1. The molecule has 90 valence electrons. The zero-order chi connectivity index (χ0) is 12.3. The minimum atomic E-state index is 0.0999. The molecule has 0 spiro atoms. The van der Waals surface area contributed by atoms with Gasteiger partial charge in [0.25, 0.3) is 0 Å². The van der Waals surface area contributed by atoms with E-state index in [1.54, 1.807) is 11.3 Å². The molecular formula is C12H15N3OS. The Morgan fingerprint density at radius 2 is 2.12 bits per heavy atom. The molecule has 1 aromatic heterocycles. The van der Waals surface area contributed by atoms with E-state index in [4.69, 9.17) is 5.11 Å². The van der Waals surface area contributed by atoms with Gasteiger partial charge < -0.3 is 9.67 Å². The van der Waals surface area contributed by atoms with Gasteiger partial charge in [0.2, 0.25) is 4.80 Å². The predicted molar refractivity (Wildman–Crippen MR) is 71.2 cm³/mol. The van der Waals surface area contributed by atoms with Crippen molar-refractivity contribution in [2.24, 2.45) is 10.2 Å². The van der Waals surface area contributed by atoms with Crippen LogP contribution in [0.2, 0.25) is 0 Å². The Morgan fingerprint density at radius 1 is 1.35 bits per heavy atom. The first kappa shape index (κ1) is 12.0. The Labute approximate surface area is 104 Å². The largest absolute Gasteiger partial charge is 0.395 e. The maximum Gasteiger partial charge on any atom is 0.211 e. The SMILES string of the molecule is CC(C)=NN=c1sc2ccccc2n1CCO. The zero-order valence-electron chi connectivity index (χ0n) is 9.92. The summed E-state index contributed by atoms with van der Waals surface area (Å²) in [5.74, 6) is 0. The molecule has 5 heteroatoms. The van der Waals surface area contributed by atoms with Crippen LogP contribution in [0.4, 0.5) is 0 Å². The van der Waals surface area contributed by atoms with Crippen LogP contribution < -0.4 is 4.80 Å². The van der Waals surface area contributed by atoms with Crippen LogP contribution in [0.25, 0.3) is 10.2 Å². The lowest BCUT2D eigenvalue weighted by molar-refractivity contribution is 0.276. The molecule has 0 aliphatic carbocycles. The molecular weight excluding hydrogens is 234 g/mol. The van der Waals surface area contributed by atoms with E-state index in [0.29, 0.717) is 6.54 Å². The minimum absolute atomic E-state index is 0.0999. The lowest BCUT2D eigenvalue weighted by Crippen LogP contribution is -2.16. The fourth-order valence-corrected chi connectivity index (χ4v) is 2.56. The smallest absolute Gasteiger partial charge is 0.211 e. The van der Waals surface area contributed by atoms with Crippen LogP contribution in [0.3, 0.4) is 0 Å². The van der Waals surface area contributed by atoms with E-state index in [1.165, 1.54) is 0 Å². The molecule has 0 aliphatic heterocycles. The highest BCUT2D eigenvalue weighted by molar-refractivity contribution is 7.16. The van der Waals surface area contributed by atoms with Crippen LogP contribution in [-0.4, -0.2) is 22.0 Å². The second-order valence-corrected chi connectivity index (χ2v) is 4.88. The maximum atomic E-state index is 9.11. The lowest BCUT2D eigenvalue weighted by atomic mass is 10.3. The third-order valence-corrected chi connectivity index (χ3v) is 3.30. The molecule has 0 atom stereocenters. The molecule has 0 saturated carbocycles. The monoisotopic (exact) mass is 249 g/mol. The first-order valence-electron chi connectivity index (χ1n) is 5.46. The number of fused-ring (bicyclic) bond motifs is 1. The third-order valence-electron chi connectivity index (χ3n) is 2.25. The maximum absolute atomic E-state index is 9.11. The lowest BCUT2D eigenvalue weighted by Gasteiger charge is -2.00. The van der Waals surface area contributed by atoms with E-state index in [-0.39, 0.29) is 6.61 Å². The van der Waals surface area contributed by atoms with Gasteiger partial charge in [0.15, 0.2) is 0 Å². The zero-order valence-corrected chi connectivity index (χ0v) is 10.7. The highest BCUT2D eigenvalue weighted by Crippen LogP contribution is 2.16. The summed E-state index contributed by atoms with van der Waals surface area (Å²) in [4.78, 5) is 0.821. The number of para-hydroxylation sites is 1. The van der Waals surface area contributed by atoms with Gasteiger partial charge in [-0.2, -0.15) is 5.10 Å². The van der Waals surface area contributed by atoms with Crippen molar-refractivity contribution in [3.8, 4) is 0 Å². The normalized spacial score (nSPS) is 12.1. The Kier molecular flexibility index (Phi) is 3.71. The number of benzene rings is 1. The second kappa shape index (κ2) is 5.25. The van der Waals surface area contributed by atoms with Crippen molar-refractivity contribution in [1.82, 2.24) is 4.57 Å². The Balaban J connectivity index is 2.65. The van der Waals surface area contributed by atoms with E-state index < -0.39 is 0 Å². The summed E-state index contributed by atoms with van der Waals surface area (Å²) in [6, 6.07) is 8.07. The molecule has 0 unspecified atom stereocenters. The summed E-state index contributed by atoms with van der Waals surface area (Å²) >= 11 is 1.58. The van der Waals surface area contributed by atoms with Crippen molar-refractivity contribution >= 4 is 27.3 Å². The fourth-order valence-electron chi connectivity index (χ4n) is 1.56. The van der Waals surface area contributed by atoms with Crippen LogP contribution in [0, 0.1) is 0 Å². The highest BCUT2D eigenvalue weighted by Gasteiger charge is 2.04. The van der Waals surface area contributed by atoms with Crippen molar-refractivity contribution in [2.75, 3.05) is 6.61 Å². The number of aromatic nitrogens is 1. The molecule has 2 rings (SSSR count). The molecule has 0 radical (unpaired) electrons. The van der Waals surface area contributed by atoms with Crippen molar-refractivity contribution in [3.05, 3.63) is 29.1 Å². The van der Waals surface area contributed by atoms with Gasteiger partial charge in [-0.1, -0.05) is 23.5 Å². The van der Waals surface area contributed by atoms with E-state index >= 15 is 0 Å². The standard InChI is InChI=1S/C12H15N3OS/c1-9(2)13-14-12-15(7-8-16)10-5-3-4-6-11(10)17-12/h3-6,16H,7-8H2,1-2H3. The van der Waals surface area contributed by atoms with E-state index in [9.17, 15) is 0 Å².